The summed E-state index contributed by atoms with van der Waals surface area (Å²) in [5.74, 6) is 0.774. The van der Waals surface area contributed by atoms with Crippen LogP contribution in [0.3, 0.4) is 0 Å². The molecule has 0 aromatic carbocycles. The third-order valence-corrected chi connectivity index (χ3v) is 5.84. The van der Waals surface area contributed by atoms with Crippen LogP contribution in [-0.4, -0.2) is 47.1 Å². The van der Waals surface area contributed by atoms with Crippen LogP contribution in [-0.2, 0) is 24.9 Å². The zero-order chi connectivity index (χ0) is 23.4. The van der Waals surface area contributed by atoms with Crippen LogP contribution < -0.4 is 9.47 Å². The molecule has 0 unspecified atom stereocenters. The highest BCUT2D eigenvalue weighted by Crippen LogP contribution is 2.30. The van der Waals surface area contributed by atoms with E-state index in [1.807, 2.05) is 26.0 Å². The Morgan fingerprint density at radius 3 is 2.85 bits per heavy atom. The molecule has 0 spiro atoms. The summed E-state index contributed by atoms with van der Waals surface area (Å²) in [5.41, 5.74) is 2.77. The molecular weight excluding hydrogens is 424 g/mol. The number of hydrogen-bond acceptors (Lipinski definition) is 8. The maximum atomic E-state index is 11.3. The first kappa shape index (κ1) is 22.6. The molecule has 3 heterocycles. The Labute approximate surface area is 192 Å². The molecule has 10 nitrogen and oxygen atoms in total. The van der Waals surface area contributed by atoms with Crippen LogP contribution in [0.15, 0.2) is 24.4 Å². The van der Waals surface area contributed by atoms with E-state index in [-0.39, 0.29) is 18.6 Å². The number of ether oxygens (including phenoxy) is 2. The molecule has 0 amide bonds. The average molecular weight is 453 g/mol. The highest BCUT2D eigenvalue weighted by Gasteiger charge is 2.28. The predicted molar refractivity (Wildman–Crippen MR) is 119 cm³/mol. The molecule has 3 aromatic heterocycles. The summed E-state index contributed by atoms with van der Waals surface area (Å²) < 4.78 is 13.6. The van der Waals surface area contributed by atoms with E-state index >= 15 is 0 Å². The van der Waals surface area contributed by atoms with Crippen molar-refractivity contribution >= 4 is 5.97 Å². The van der Waals surface area contributed by atoms with Gasteiger partial charge in [0.15, 0.2) is 0 Å². The minimum absolute atomic E-state index is 0.118. The third-order valence-electron chi connectivity index (χ3n) is 5.84. The van der Waals surface area contributed by atoms with Crippen LogP contribution in [0.25, 0.3) is 11.4 Å². The molecule has 10 heteroatoms. The van der Waals surface area contributed by atoms with Crippen molar-refractivity contribution in [2.24, 2.45) is 13.0 Å². The highest BCUT2D eigenvalue weighted by molar-refractivity contribution is 5.70. The topological polar surface area (TPSA) is 125 Å². The van der Waals surface area contributed by atoms with Gasteiger partial charge in [0, 0.05) is 25.7 Å². The number of carboxylic acid groups (broad SMARTS) is 1. The van der Waals surface area contributed by atoms with Gasteiger partial charge in [-0.15, -0.1) is 5.10 Å². The number of nitrogens with zero attached hydrogens (tertiary/aromatic N) is 6. The van der Waals surface area contributed by atoms with Crippen LogP contribution in [0.1, 0.15) is 49.8 Å². The van der Waals surface area contributed by atoms with E-state index in [2.05, 4.69) is 25.3 Å². The predicted octanol–water partition coefficient (Wildman–Crippen LogP) is 3.14. The zero-order valence-electron chi connectivity index (χ0n) is 19.1. The number of pyridine rings is 1. The molecule has 1 aliphatic rings. The standard InChI is InChI=1S/C23H28N6O4/c1-4-20-24-11-10-21(26-20)32-13-18-22(27-28-29(18)3)17-8-9-19(14(2)25-17)33-16-7-5-6-15(12-16)23(30)31/h8-11,15-16H,4-7,12-13H2,1-3H3,(H,30,31)/t15-,16-/m0/s1. The third kappa shape index (κ3) is 5.27. The summed E-state index contributed by atoms with van der Waals surface area (Å²) in [6.45, 7) is 4.09. The lowest BCUT2D eigenvalue weighted by Gasteiger charge is -2.27. The van der Waals surface area contributed by atoms with E-state index in [9.17, 15) is 9.90 Å². The zero-order valence-corrected chi connectivity index (χ0v) is 19.1. The highest BCUT2D eigenvalue weighted by atomic mass is 16.5. The van der Waals surface area contributed by atoms with Gasteiger partial charge in [-0.2, -0.15) is 4.98 Å². The second-order valence-electron chi connectivity index (χ2n) is 8.18. The van der Waals surface area contributed by atoms with Crippen molar-refractivity contribution in [3.05, 3.63) is 41.6 Å². The van der Waals surface area contributed by atoms with Gasteiger partial charge in [0.05, 0.1) is 23.4 Å². The van der Waals surface area contributed by atoms with Crippen molar-refractivity contribution in [3.8, 4) is 23.0 Å². The lowest BCUT2D eigenvalue weighted by atomic mass is 9.87. The molecule has 4 rings (SSSR count). The molecule has 33 heavy (non-hydrogen) atoms. The van der Waals surface area contributed by atoms with Gasteiger partial charge < -0.3 is 14.6 Å². The maximum Gasteiger partial charge on any atom is 0.306 e. The summed E-state index contributed by atoms with van der Waals surface area (Å²) in [6.07, 6.45) is 5.21. The molecule has 1 N–H and O–H groups in total. The minimum atomic E-state index is -0.751. The molecule has 1 aliphatic carbocycles. The molecule has 174 valence electrons. The number of rotatable bonds is 8. The van der Waals surface area contributed by atoms with E-state index in [1.165, 1.54) is 0 Å². The fraction of sp³-hybridized carbons (Fsp3) is 0.478. The summed E-state index contributed by atoms with van der Waals surface area (Å²) in [4.78, 5) is 24.6. The summed E-state index contributed by atoms with van der Waals surface area (Å²) >= 11 is 0. The van der Waals surface area contributed by atoms with Gasteiger partial charge in [0.25, 0.3) is 0 Å². The molecule has 2 atom stereocenters. The maximum absolute atomic E-state index is 11.3. The van der Waals surface area contributed by atoms with Crippen molar-refractivity contribution in [3.63, 3.8) is 0 Å². The number of carbonyl (C=O) groups is 1. The number of aryl methyl sites for hydroxylation is 3. The molecule has 1 saturated carbocycles. The van der Waals surface area contributed by atoms with Crippen LogP contribution >= 0.6 is 0 Å². The number of hydrogen-bond donors (Lipinski definition) is 1. The normalized spacial score (nSPS) is 18.2. The van der Waals surface area contributed by atoms with Crippen LogP contribution in [0.4, 0.5) is 0 Å². The van der Waals surface area contributed by atoms with Crippen molar-refractivity contribution in [1.82, 2.24) is 29.9 Å². The van der Waals surface area contributed by atoms with Crippen LogP contribution in [0, 0.1) is 12.8 Å². The first-order valence-corrected chi connectivity index (χ1v) is 11.1. The van der Waals surface area contributed by atoms with E-state index in [0.29, 0.717) is 41.6 Å². The Kier molecular flexibility index (Phi) is 6.81. The van der Waals surface area contributed by atoms with Crippen molar-refractivity contribution in [2.75, 3.05) is 0 Å². The quantitative estimate of drug-likeness (QED) is 0.548. The largest absolute Gasteiger partial charge is 0.489 e. The Balaban J connectivity index is 1.48. The van der Waals surface area contributed by atoms with E-state index in [4.69, 9.17) is 9.47 Å². The molecule has 0 bridgehead atoms. The Morgan fingerprint density at radius 1 is 1.24 bits per heavy atom. The SMILES string of the molecule is CCc1nccc(OCc2c(-c3ccc(O[C@H]4CCC[C@H](C(=O)O)C4)c(C)n3)nnn2C)n1. The van der Waals surface area contributed by atoms with Gasteiger partial charge in [0.1, 0.15) is 29.6 Å². The van der Waals surface area contributed by atoms with Gasteiger partial charge >= 0.3 is 5.97 Å². The van der Waals surface area contributed by atoms with Crippen LogP contribution in [0.5, 0.6) is 11.6 Å². The lowest BCUT2D eigenvalue weighted by Crippen LogP contribution is -2.29. The lowest BCUT2D eigenvalue weighted by molar-refractivity contribution is -0.143. The van der Waals surface area contributed by atoms with Crippen molar-refractivity contribution in [1.29, 1.82) is 0 Å². The first-order chi connectivity index (χ1) is 15.9. The smallest absolute Gasteiger partial charge is 0.306 e. The van der Waals surface area contributed by atoms with Gasteiger partial charge in [-0.1, -0.05) is 12.1 Å². The first-order valence-electron chi connectivity index (χ1n) is 11.1. The molecular formula is C23H28N6O4. The van der Waals surface area contributed by atoms with Crippen LogP contribution in [0.2, 0.25) is 0 Å². The second-order valence-corrected chi connectivity index (χ2v) is 8.18. The molecule has 3 aromatic rings. The number of aromatic nitrogens is 6. The molecule has 1 fully saturated rings. The molecule has 0 saturated heterocycles. The molecule has 0 radical (unpaired) electrons. The molecule has 0 aliphatic heterocycles. The van der Waals surface area contributed by atoms with Gasteiger partial charge in [-0.3, -0.25) is 4.79 Å². The Bertz CT molecular complexity index is 1130. The van der Waals surface area contributed by atoms with Crippen molar-refractivity contribution in [2.45, 2.75) is 58.7 Å². The number of aliphatic carboxylic acids is 1. The van der Waals surface area contributed by atoms with E-state index in [1.54, 1.807) is 24.0 Å². The summed E-state index contributed by atoms with van der Waals surface area (Å²) in [5, 5.41) is 17.7. The fourth-order valence-electron chi connectivity index (χ4n) is 3.97. The van der Waals surface area contributed by atoms with E-state index in [0.717, 1.165) is 30.8 Å². The number of carboxylic acids is 1. The Hall–Kier alpha value is -3.56. The van der Waals surface area contributed by atoms with Gasteiger partial charge in [-0.05, 0) is 44.7 Å². The fourth-order valence-corrected chi connectivity index (χ4v) is 3.97. The second kappa shape index (κ2) is 9.93. The average Bonchev–Trinajstić information content (AvgIpc) is 3.19. The van der Waals surface area contributed by atoms with Crippen molar-refractivity contribution < 1.29 is 19.4 Å². The van der Waals surface area contributed by atoms with Gasteiger partial charge in [-0.25, -0.2) is 14.6 Å². The summed E-state index contributed by atoms with van der Waals surface area (Å²) in [7, 11) is 1.80. The monoisotopic (exact) mass is 452 g/mol. The Morgan fingerprint density at radius 2 is 2.09 bits per heavy atom. The van der Waals surface area contributed by atoms with Gasteiger partial charge in [0.2, 0.25) is 5.88 Å². The van der Waals surface area contributed by atoms with E-state index < -0.39 is 5.97 Å². The summed E-state index contributed by atoms with van der Waals surface area (Å²) in [6, 6.07) is 5.42. The minimum Gasteiger partial charge on any atom is -0.489 e.